The van der Waals surface area contributed by atoms with Gasteiger partial charge in [0.05, 0.1) is 18.5 Å². The molecule has 36 heavy (non-hydrogen) atoms. The summed E-state index contributed by atoms with van der Waals surface area (Å²) in [5, 5.41) is 30.2. The Hall–Kier alpha value is -2.19. The number of fused-ring (bicyclic) bond motifs is 1. The maximum atomic E-state index is 12.9. The monoisotopic (exact) mass is 524 g/mol. The van der Waals surface area contributed by atoms with Gasteiger partial charge in [0.2, 0.25) is 17.7 Å². The summed E-state index contributed by atoms with van der Waals surface area (Å²) < 4.78 is 0. The number of primary amides is 1. The van der Waals surface area contributed by atoms with E-state index in [1.807, 2.05) is 11.8 Å². The van der Waals surface area contributed by atoms with Crippen LogP contribution in [0.1, 0.15) is 33.6 Å². The van der Waals surface area contributed by atoms with Crippen LogP contribution in [0.15, 0.2) is 10.6 Å². The number of thioether (sulfide) groups is 1. The summed E-state index contributed by atoms with van der Waals surface area (Å²) in [6, 6.07) is -0.754. The summed E-state index contributed by atoms with van der Waals surface area (Å²) in [6.07, 6.45) is 0.759. The van der Waals surface area contributed by atoms with Crippen molar-refractivity contribution in [2.24, 2.45) is 17.6 Å². The van der Waals surface area contributed by atoms with E-state index in [9.17, 15) is 29.4 Å². The fraction of sp³-hybridized carbons (Fsp3) is 0.739. The summed E-state index contributed by atoms with van der Waals surface area (Å²) in [7, 11) is 0. The highest BCUT2D eigenvalue weighted by Gasteiger charge is 2.60. The Kier molecular flexibility index (Phi) is 7.95. The van der Waals surface area contributed by atoms with Crippen LogP contribution in [0.3, 0.4) is 0 Å². The first-order valence-electron chi connectivity index (χ1n) is 12.4. The predicted octanol–water partition coefficient (Wildman–Crippen LogP) is -1.78. The first-order valence-corrected chi connectivity index (χ1v) is 13.3. The number of carbonyl (C=O) groups excluding carboxylic acids is 3. The van der Waals surface area contributed by atoms with Crippen LogP contribution in [0.5, 0.6) is 0 Å². The number of aliphatic hydroxyl groups excluding tert-OH is 1. The molecule has 7 N–H and O–H groups in total. The quantitative estimate of drug-likeness (QED) is 0.179. The van der Waals surface area contributed by atoms with Crippen LogP contribution >= 0.6 is 11.8 Å². The van der Waals surface area contributed by atoms with E-state index >= 15 is 0 Å². The third-order valence-corrected chi connectivity index (χ3v) is 9.21. The Morgan fingerprint density at radius 3 is 2.69 bits per heavy atom. The number of hydrogen-bond donors (Lipinski definition) is 6. The van der Waals surface area contributed by atoms with E-state index in [2.05, 4.69) is 16.0 Å². The van der Waals surface area contributed by atoms with Gasteiger partial charge < -0.3 is 36.8 Å². The third-order valence-electron chi connectivity index (χ3n) is 7.70. The molecule has 0 aromatic rings. The molecule has 4 aliphatic rings. The van der Waals surface area contributed by atoms with E-state index in [0.717, 1.165) is 6.42 Å². The van der Waals surface area contributed by atoms with Crippen molar-refractivity contribution in [2.45, 2.75) is 69.3 Å². The normalized spacial score (nSPS) is 33.9. The van der Waals surface area contributed by atoms with Crippen LogP contribution in [-0.4, -0.2) is 106 Å². The van der Waals surface area contributed by atoms with E-state index in [1.165, 1.54) is 23.6 Å². The number of aliphatic carboxylic acids is 1. The maximum Gasteiger partial charge on any atom is 0.353 e. The van der Waals surface area contributed by atoms with Crippen molar-refractivity contribution < 1.29 is 29.4 Å². The van der Waals surface area contributed by atoms with Gasteiger partial charge in [-0.3, -0.25) is 19.3 Å². The van der Waals surface area contributed by atoms with Crippen LogP contribution in [0.4, 0.5) is 0 Å². The maximum absolute atomic E-state index is 12.9. The molecule has 0 spiro atoms. The second-order valence-corrected chi connectivity index (χ2v) is 11.6. The Balaban J connectivity index is 1.38. The van der Waals surface area contributed by atoms with E-state index in [-0.39, 0.29) is 59.4 Å². The molecule has 1 unspecified atom stereocenters. The minimum Gasteiger partial charge on any atom is -0.477 e. The number of rotatable bonds is 10. The van der Waals surface area contributed by atoms with Gasteiger partial charge in [0.25, 0.3) is 0 Å². The van der Waals surface area contributed by atoms with Crippen molar-refractivity contribution in [1.82, 2.24) is 25.8 Å². The van der Waals surface area contributed by atoms with Gasteiger partial charge in [0.15, 0.2) is 0 Å². The van der Waals surface area contributed by atoms with Crippen molar-refractivity contribution >= 4 is 35.5 Å². The molecule has 4 rings (SSSR count). The summed E-state index contributed by atoms with van der Waals surface area (Å²) >= 11 is 1.47. The van der Waals surface area contributed by atoms with Gasteiger partial charge >= 0.3 is 5.97 Å². The molecule has 4 aliphatic heterocycles. The van der Waals surface area contributed by atoms with Crippen molar-refractivity contribution in [3.63, 3.8) is 0 Å². The summed E-state index contributed by atoms with van der Waals surface area (Å²) in [4.78, 5) is 51.6. The van der Waals surface area contributed by atoms with Crippen molar-refractivity contribution in [1.29, 1.82) is 0 Å². The first-order chi connectivity index (χ1) is 17.0. The van der Waals surface area contributed by atoms with E-state index in [0.29, 0.717) is 31.0 Å². The molecular formula is C23H36N6O6S. The zero-order valence-corrected chi connectivity index (χ0v) is 21.6. The molecule has 0 bridgehead atoms. The van der Waals surface area contributed by atoms with E-state index in [4.69, 9.17) is 5.73 Å². The average molecular weight is 525 g/mol. The fourth-order valence-corrected chi connectivity index (χ4v) is 7.52. The van der Waals surface area contributed by atoms with Crippen LogP contribution in [-0.2, 0) is 19.2 Å². The zero-order valence-electron chi connectivity index (χ0n) is 20.8. The van der Waals surface area contributed by atoms with Crippen LogP contribution in [0.25, 0.3) is 0 Å². The van der Waals surface area contributed by atoms with Gasteiger partial charge in [-0.25, -0.2) is 4.79 Å². The van der Waals surface area contributed by atoms with Gasteiger partial charge in [-0.05, 0) is 19.8 Å². The Bertz CT molecular complexity index is 961. The number of amides is 3. The van der Waals surface area contributed by atoms with Crippen LogP contribution in [0.2, 0.25) is 0 Å². The molecule has 0 radical (unpaired) electrons. The summed E-state index contributed by atoms with van der Waals surface area (Å²) in [6.45, 7) is 7.15. The molecule has 3 fully saturated rings. The average Bonchev–Trinajstić information content (AvgIpc) is 3.50. The number of β-lactam (4-membered cyclic amide) rings is 1. The lowest BCUT2D eigenvalue weighted by molar-refractivity contribution is -0.158. The SMILES string of the molecule is CC(=O)N[C@H](C)[C@H]1C(=O)N2C(C(=O)O)=C(S[C@@H]3CN[C@H](C(O)N4CC[C@H](NCC(N)=O)C4)C3)[C@H](C)[C@@H]12. The van der Waals surface area contributed by atoms with E-state index < -0.39 is 24.0 Å². The highest BCUT2D eigenvalue weighted by molar-refractivity contribution is 8.03. The van der Waals surface area contributed by atoms with Crippen molar-refractivity contribution in [3.05, 3.63) is 10.6 Å². The summed E-state index contributed by atoms with van der Waals surface area (Å²) in [5.74, 6) is -2.66. The lowest BCUT2D eigenvalue weighted by Gasteiger charge is -2.47. The molecule has 0 aliphatic carbocycles. The number of carboxylic acid groups (broad SMARTS) is 1. The number of aliphatic hydroxyl groups is 1. The van der Waals surface area contributed by atoms with Gasteiger partial charge in [-0.15, -0.1) is 11.8 Å². The molecule has 12 nitrogen and oxygen atoms in total. The Labute approximate surface area is 214 Å². The van der Waals surface area contributed by atoms with Crippen LogP contribution in [0, 0.1) is 11.8 Å². The smallest absolute Gasteiger partial charge is 0.353 e. The fourth-order valence-electron chi connectivity index (χ4n) is 6.03. The predicted molar refractivity (Wildman–Crippen MR) is 132 cm³/mol. The second-order valence-electron chi connectivity index (χ2n) is 10.3. The molecule has 8 atom stereocenters. The standard InChI is InChI=1S/C23H36N6O6S/c1-10-18-17(11(2)27-12(3)30)22(33)29(18)19(23(34)35)20(10)36-14-6-15(26-7-14)21(32)28-5-4-13(9-28)25-8-16(24)31/h10-11,13-15,17-18,21,25-26,32H,4-9H2,1-3H3,(H2,24,31)(H,27,30)(H,34,35)/t10-,11-,13+,14+,15+,17-,18+,21?/m1/s1. The lowest BCUT2D eigenvalue weighted by atomic mass is 9.78. The minimum atomic E-state index is -1.13. The molecule has 4 heterocycles. The molecule has 3 saturated heterocycles. The second kappa shape index (κ2) is 10.7. The molecule has 0 saturated carbocycles. The van der Waals surface area contributed by atoms with Gasteiger partial charge in [0.1, 0.15) is 11.9 Å². The largest absolute Gasteiger partial charge is 0.477 e. The molecule has 13 heteroatoms. The molecular weight excluding hydrogens is 488 g/mol. The number of carboxylic acids is 1. The van der Waals surface area contributed by atoms with Gasteiger partial charge in [-0.1, -0.05) is 6.92 Å². The highest BCUT2D eigenvalue weighted by Crippen LogP contribution is 2.51. The number of nitrogens with zero attached hydrogens (tertiary/aromatic N) is 2. The van der Waals surface area contributed by atoms with Crippen molar-refractivity contribution in [2.75, 3.05) is 26.2 Å². The lowest BCUT2D eigenvalue weighted by Crippen LogP contribution is -2.66. The number of nitrogens with two attached hydrogens (primary N) is 1. The highest BCUT2D eigenvalue weighted by atomic mass is 32.2. The minimum absolute atomic E-state index is 0.0423. The Morgan fingerprint density at radius 2 is 2.06 bits per heavy atom. The molecule has 0 aromatic carbocycles. The topological polar surface area (TPSA) is 177 Å². The number of carbonyl (C=O) groups is 4. The van der Waals surface area contributed by atoms with Gasteiger partial charge in [-0.2, -0.15) is 0 Å². The molecule has 0 aromatic heterocycles. The van der Waals surface area contributed by atoms with Crippen molar-refractivity contribution in [3.8, 4) is 0 Å². The molecule has 200 valence electrons. The van der Waals surface area contributed by atoms with Gasteiger partial charge in [0, 0.05) is 60.8 Å². The number of nitrogens with one attached hydrogen (secondary N) is 3. The first kappa shape index (κ1) is 26.9. The number of likely N-dealkylation sites (tertiary alicyclic amines) is 1. The third kappa shape index (κ3) is 5.12. The van der Waals surface area contributed by atoms with Crippen LogP contribution < -0.4 is 21.7 Å². The zero-order chi connectivity index (χ0) is 26.3. The molecule has 3 amide bonds. The van der Waals surface area contributed by atoms with E-state index in [1.54, 1.807) is 6.92 Å². The number of hydrogen-bond acceptors (Lipinski definition) is 9. The Morgan fingerprint density at radius 1 is 1.33 bits per heavy atom. The summed E-state index contributed by atoms with van der Waals surface area (Å²) in [5.41, 5.74) is 5.24.